The molecule has 1 saturated heterocycles. The van der Waals surface area contributed by atoms with E-state index in [1.54, 1.807) is 36.1 Å². The minimum absolute atomic E-state index is 0.223. The predicted octanol–water partition coefficient (Wildman–Crippen LogP) is 1.26. The monoisotopic (exact) mass is 398 g/mol. The summed E-state index contributed by atoms with van der Waals surface area (Å²) >= 11 is 0. The zero-order valence-corrected chi connectivity index (χ0v) is 16.9. The number of piperidine rings is 1. The number of hydrogen-bond donors (Lipinski definition) is 0. The Bertz CT molecular complexity index is 787. The van der Waals surface area contributed by atoms with Crippen LogP contribution in [0.15, 0.2) is 24.3 Å². The Morgan fingerprint density at radius 3 is 2.37 bits per heavy atom. The van der Waals surface area contributed by atoms with Crippen LogP contribution >= 0.6 is 0 Å². The molecule has 1 amide bonds. The minimum Gasteiger partial charge on any atom is -0.497 e. The number of esters is 1. The highest BCUT2D eigenvalue weighted by Crippen LogP contribution is 2.27. The second kappa shape index (κ2) is 8.60. The van der Waals surface area contributed by atoms with E-state index in [1.807, 2.05) is 0 Å². The first-order valence-electron chi connectivity index (χ1n) is 8.69. The fourth-order valence-corrected chi connectivity index (χ4v) is 4.48. The molecular weight excluding hydrogens is 372 g/mol. The third kappa shape index (κ3) is 4.91. The lowest BCUT2D eigenvalue weighted by Gasteiger charge is -2.36. The Kier molecular flexibility index (Phi) is 6.69. The Morgan fingerprint density at radius 2 is 1.85 bits per heavy atom. The molecule has 2 rings (SSSR count). The molecule has 1 aliphatic heterocycles. The van der Waals surface area contributed by atoms with Crippen molar-refractivity contribution in [3.8, 4) is 5.75 Å². The summed E-state index contributed by atoms with van der Waals surface area (Å²) < 4.78 is 35.8. The van der Waals surface area contributed by atoms with Crippen molar-refractivity contribution in [1.29, 1.82) is 0 Å². The molecular formula is C18H26N2O6S. The number of nitrogens with zero attached hydrogens (tertiary/aromatic N) is 2. The van der Waals surface area contributed by atoms with Gasteiger partial charge in [-0.1, -0.05) is 6.07 Å². The molecule has 0 saturated carbocycles. The van der Waals surface area contributed by atoms with Gasteiger partial charge < -0.3 is 14.4 Å². The van der Waals surface area contributed by atoms with E-state index in [2.05, 4.69) is 0 Å². The van der Waals surface area contributed by atoms with Crippen LogP contribution < -0.4 is 9.04 Å². The van der Waals surface area contributed by atoms with Gasteiger partial charge in [0.15, 0.2) is 0 Å². The highest BCUT2D eigenvalue weighted by atomic mass is 32.2. The van der Waals surface area contributed by atoms with Crippen LogP contribution in [0.25, 0.3) is 0 Å². The summed E-state index contributed by atoms with van der Waals surface area (Å²) in [4.78, 5) is 26.2. The maximum atomic E-state index is 12.9. The molecule has 0 spiro atoms. The van der Waals surface area contributed by atoms with Gasteiger partial charge in [0, 0.05) is 19.2 Å². The number of likely N-dealkylation sites (tertiary alicyclic amines) is 1. The van der Waals surface area contributed by atoms with Crippen LogP contribution in [0.2, 0.25) is 0 Å². The zero-order valence-electron chi connectivity index (χ0n) is 16.0. The lowest BCUT2D eigenvalue weighted by atomic mass is 9.96. The van der Waals surface area contributed by atoms with Crippen molar-refractivity contribution in [3.63, 3.8) is 0 Å². The Balaban J connectivity index is 2.20. The second-order valence-electron chi connectivity index (χ2n) is 6.56. The average molecular weight is 398 g/mol. The van der Waals surface area contributed by atoms with Gasteiger partial charge in [0.05, 0.1) is 32.1 Å². The predicted molar refractivity (Wildman–Crippen MR) is 101 cm³/mol. The number of rotatable bonds is 6. The SMILES string of the molecule is COC(=O)C1CCN(C(=O)[C@H](C)N(c2cccc(OC)c2)S(C)(=O)=O)CC1. The number of carbonyl (C=O) groups is 2. The quantitative estimate of drug-likeness (QED) is 0.670. The molecule has 150 valence electrons. The summed E-state index contributed by atoms with van der Waals surface area (Å²) in [7, 11) is -0.861. The maximum Gasteiger partial charge on any atom is 0.308 e. The molecule has 27 heavy (non-hydrogen) atoms. The van der Waals surface area contributed by atoms with Gasteiger partial charge in [-0.05, 0) is 31.9 Å². The second-order valence-corrected chi connectivity index (χ2v) is 8.42. The molecule has 0 radical (unpaired) electrons. The number of sulfonamides is 1. The molecule has 1 aromatic rings. The van der Waals surface area contributed by atoms with Crippen molar-refractivity contribution in [2.45, 2.75) is 25.8 Å². The van der Waals surface area contributed by atoms with Crippen LogP contribution in [-0.4, -0.2) is 64.8 Å². The van der Waals surface area contributed by atoms with Crippen molar-refractivity contribution < 1.29 is 27.5 Å². The molecule has 1 aromatic carbocycles. The molecule has 1 atom stereocenters. The summed E-state index contributed by atoms with van der Waals surface area (Å²) in [6, 6.07) is 5.66. The van der Waals surface area contributed by atoms with Crippen molar-refractivity contribution in [1.82, 2.24) is 4.90 Å². The third-order valence-electron chi connectivity index (χ3n) is 4.72. The number of carbonyl (C=O) groups excluding carboxylic acids is 2. The standard InChI is InChI=1S/C18H26N2O6S/c1-13(17(21)19-10-8-14(9-11-19)18(22)26-3)20(27(4,23)24)15-6-5-7-16(12-15)25-2/h5-7,12-14H,8-11H2,1-4H3/t13-/m0/s1. The van der Waals surface area contributed by atoms with Crippen molar-refractivity contribution in [2.75, 3.05) is 37.9 Å². The molecule has 1 heterocycles. The highest BCUT2D eigenvalue weighted by molar-refractivity contribution is 7.92. The smallest absolute Gasteiger partial charge is 0.308 e. The zero-order chi connectivity index (χ0) is 20.2. The molecule has 1 aliphatic rings. The molecule has 0 bridgehead atoms. The molecule has 9 heteroatoms. The lowest BCUT2D eigenvalue weighted by Crippen LogP contribution is -2.51. The first-order chi connectivity index (χ1) is 12.7. The third-order valence-corrected chi connectivity index (χ3v) is 5.96. The molecule has 0 aromatic heterocycles. The van der Waals surface area contributed by atoms with E-state index in [1.165, 1.54) is 14.2 Å². The number of ether oxygens (including phenoxy) is 2. The number of benzene rings is 1. The topological polar surface area (TPSA) is 93.2 Å². The Labute approximate surface area is 160 Å². The van der Waals surface area contributed by atoms with E-state index in [9.17, 15) is 18.0 Å². The van der Waals surface area contributed by atoms with Gasteiger partial charge in [-0.3, -0.25) is 13.9 Å². The minimum atomic E-state index is -3.70. The molecule has 0 aliphatic carbocycles. The number of methoxy groups -OCH3 is 2. The van der Waals surface area contributed by atoms with Gasteiger partial charge in [-0.25, -0.2) is 8.42 Å². The van der Waals surface area contributed by atoms with Crippen LogP contribution in [0.4, 0.5) is 5.69 Å². The summed E-state index contributed by atoms with van der Waals surface area (Å²) in [6.07, 6.45) is 2.08. The Hall–Kier alpha value is -2.29. The fraction of sp³-hybridized carbons (Fsp3) is 0.556. The summed E-state index contributed by atoms with van der Waals surface area (Å²) in [5.41, 5.74) is 0.363. The summed E-state index contributed by atoms with van der Waals surface area (Å²) in [5.74, 6) is -0.297. The molecule has 1 fully saturated rings. The van der Waals surface area contributed by atoms with Crippen LogP contribution in [0.3, 0.4) is 0 Å². The van der Waals surface area contributed by atoms with Gasteiger partial charge in [-0.2, -0.15) is 0 Å². The largest absolute Gasteiger partial charge is 0.497 e. The van der Waals surface area contributed by atoms with Gasteiger partial charge in [0.2, 0.25) is 15.9 Å². The number of hydrogen-bond acceptors (Lipinski definition) is 6. The van der Waals surface area contributed by atoms with Crippen molar-refractivity contribution >= 4 is 27.6 Å². The van der Waals surface area contributed by atoms with Crippen LogP contribution in [0.5, 0.6) is 5.75 Å². The maximum absolute atomic E-state index is 12.9. The van der Waals surface area contributed by atoms with Crippen molar-refractivity contribution in [2.24, 2.45) is 5.92 Å². The summed E-state index contributed by atoms with van der Waals surface area (Å²) in [6.45, 7) is 2.34. The van der Waals surface area contributed by atoms with Crippen LogP contribution in [0.1, 0.15) is 19.8 Å². The number of anilines is 1. The van der Waals surface area contributed by atoms with Gasteiger partial charge >= 0.3 is 5.97 Å². The summed E-state index contributed by atoms with van der Waals surface area (Å²) in [5, 5.41) is 0. The van der Waals surface area contributed by atoms with Gasteiger partial charge in [0.25, 0.3) is 0 Å². The number of amides is 1. The fourth-order valence-electron chi connectivity index (χ4n) is 3.32. The van der Waals surface area contributed by atoms with Crippen LogP contribution in [0, 0.1) is 5.92 Å². The first-order valence-corrected chi connectivity index (χ1v) is 10.5. The Morgan fingerprint density at radius 1 is 1.22 bits per heavy atom. The average Bonchev–Trinajstić information content (AvgIpc) is 2.66. The van der Waals surface area contributed by atoms with Crippen LogP contribution in [-0.2, 0) is 24.3 Å². The normalized spacial score (nSPS) is 16.5. The van der Waals surface area contributed by atoms with E-state index in [-0.39, 0.29) is 17.8 Å². The van der Waals surface area contributed by atoms with E-state index in [0.29, 0.717) is 37.4 Å². The van der Waals surface area contributed by atoms with Gasteiger partial charge in [-0.15, -0.1) is 0 Å². The van der Waals surface area contributed by atoms with E-state index in [0.717, 1.165) is 10.6 Å². The highest BCUT2D eigenvalue weighted by Gasteiger charge is 2.35. The first kappa shape index (κ1) is 21.0. The molecule has 0 unspecified atom stereocenters. The van der Waals surface area contributed by atoms with Gasteiger partial charge in [0.1, 0.15) is 11.8 Å². The van der Waals surface area contributed by atoms with E-state index in [4.69, 9.17) is 9.47 Å². The van der Waals surface area contributed by atoms with E-state index < -0.39 is 16.1 Å². The molecule has 0 N–H and O–H groups in total. The van der Waals surface area contributed by atoms with Crippen molar-refractivity contribution in [3.05, 3.63) is 24.3 Å². The molecule has 8 nitrogen and oxygen atoms in total. The lowest BCUT2D eigenvalue weighted by molar-refractivity contribution is -0.149. The van der Waals surface area contributed by atoms with E-state index >= 15 is 0 Å².